The van der Waals surface area contributed by atoms with Gasteiger partial charge in [-0.25, -0.2) is 0 Å². The molecule has 3 unspecified atom stereocenters. The second kappa shape index (κ2) is 10.1. The molecule has 0 aliphatic heterocycles. The number of likely N-dealkylation sites (N-methyl/N-ethyl adjacent to an activating group) is 1. The molecule has 0 aromatic rings. The van der Waals surface area contributed by atoms with Gasteiger partial charge in [-0.2, -0.15) is 0 Å². The van der Waals surface area contributed by atoms with Crippen LogP contribution in [0.3, 0.4) is 0 Å². The van der Waals surface area contributed by atoms with Crippen molar-refractivity contribution in [1.29, 1.82) is 0 Å². The van der Waals surface area contributed by atoms with Crippen LogP contribution in [-0.2, 0) is 9.47 Å². The molecule has 0 fully saturated rings. The van der Waals surface area contributed by atoms with Gasteiger partial charge in [0.1, 0.15) is 0 Å². The smallest absolute Gasteiger partial charge is 0.0785 e. The molecule has 3 atom stereocenters. The van der Waals surface area contributed by atoms with Gasteiger partial charge in [-0.05, 0) is 33.7 Å². The molecule has 0 aromatic carbocycles. The summed E-state index contributed by atoms with van der Waals surface area (Å²) in [6, 6.07) is 0.457. The van der Waals surface area contributed by atoms with E-state index in [-0.39, 0.29) is 6.10 Å². The standard InChI is InChI=1S/C13H29NO2/c1-6-9-12(14-5)13(7-2)16-11(4)10-15-8-3/h11-14H,6-10H2,1-5H3. The van der Waals surface area contributed by atoms with Crippen LogP contribution < -0.4 is 5.32 Å². The van der Waals surface area contributed by atoms with Crippen LogP contribution in [0, 0.1) is 0 Å². The average molecular weight is 231 g/mol. The molecule has 0 bridgehead atoms. The van der Waals surface area contributed by atoms with Crippen molar-refractivity contribution in [1.82, 2.24) is 5.32 Å². The predicted molar refractivity (Wildman–Crippen MR) is 68.9 cm³/mol. The van der Waals surface area contributed by atoms with Gasteiger partial charge in [0.25, 0.3) is 0 Å². The van der Waals surface area contributed by atoms with Crippen LogP contribution in [0.2, 0.25) is 0 Å². The molecule has 3 heteroatoms. The summed E-state index contributed by atoms with van der Waals surface area (Å²) >= 11 is 0. The normalized spacial score (nSPS) is 17.1. The summed E-state index contributed by atoms with van der Waals surface area (Å²) in [6.07, 6.45) is 3.86. The van der Waals surface area contributed by atoms with E-state index >= 15 is 0 Å². The van der Waals surface area contributed by atoms with Crippen molar-refractivity contribution in [2.45, 2.75) is 65.2 Å². The van der Waals surface area contributed by atoms with Crippen molar-refractivity contribution >= 4 is 0 Å². The Bertz CT molecular complexity index is 153. The molecule has 0 aliphatic carbocycles. The van der Waals surface area contributed by atoms with Crippen molar-refractivity contribution in [2.24, 2.45) is 0 Å². The van der Waals surface area contributed by atoms with Crippen molar-refractivity contribution < 1.29 is 9.47 Å². The number of rotatable bonds is 10. The minimum atomic E-state index is 0.178. The van der Waals surface area contributed by atoms with Gasteiger partial charge in [-0.1, -0.05) is 20.3 Å². The van der Waals surface area contributed by atoms with E-state index in [1.807, 2.05) is 14.0 Å². The molecule has 3 nitrogen and oxygen atoms in total. The van der Waals surface area contributed by atoms with Gasteiger partial charge in [0, 0.05) is 12.6 Å². The third-order valence-corrected chi connectivity index (χ3v) is 2.79. The number of ether oxygens (including phenoxy) is 2. The Labute approximate surface area is 101 Å². The Kier molecular flexibility index (Phi) is 9.99. The third-order valence-electron chi connectivity index (χ3n) is 2.79. The first-order valence-corrected chi connectivity index (χ1v) is 6.59. The lowest BCUT2D eigenvalue weighted by molar-refractivity contribution is -0.0610. The first kappa shape index (κ1) is 15.9. The van der Waals surface area contributed by atoms with E-state index in [9.17, 15) is 0 Å². The first-order chi connectivity index (χ1) is 7.69. The van der Waals surface area contributed by atoms with Gasteiger partial charge in [-0.3, -0.25) is 0 Å². The number of hydrogen-bond donors (Lipinski definition) is 1. The summed E-state index contributed by atoms with van der Waals surface area (Å²) in [7, 11) is 2.01. The Morgan fingerprint density at radius 3 is 2.31 bits per heavy atom. The lowest BCUT2D eigenvalue weighted by Crippen LogP contribution is -2.41. The van der Waals surface area contributed by atoms with Crippen LogP contribution in [-0.4, -0.2) is 38.5 Å². The zero-order valence-electron chi connectivity index (χ0n) is 11.6. The molecule has 1 N–H and O–H groups in total. The molecular formula is C13H29NO2. The van der Waals surface area contributed by atoms with Gasteiger partial charge in [-0.15, -0.1) is 0 Å². The van der Waals surface area contributed by atoms with Crippen LogP contribution in [0.4, 0.5) is 0 Å². The van der Waals surface area contributed by atoms with Gasteiger partial charge < -0.3 is 14.8 Å². The van der Waals surface area contributed by atoms with Gasteiger partial charge in [0.05, 0.1) is 18.8 Å². The lowest BCUT2D eigenvalue weighted by Gasteiger charge is -2.28. The molecule has 0 spiro atoms. The average Bonchev–Trinajstić information content (AvgIpc) is 2.30. The third kappa shape index (κ3) is 6.46. The highest BCUT2D eigenvalue weighted by molar-refractivity contribution is 4.75. The molecule has 0 heterocycles. The zero-order chi connectivity index (χ0) is 12.4. The molecule has 0 rings (SSSR count). The maximum Gasteiger partial charge on any atom is 0.0785 e. The van der Waals surface area contributed by atoms with E-state index in [1.165, 1.54) is 6.42 Å². The second-order valence-corrected chi connectivity index (χ2v) is 4.24. The summed E-state index contributed by atoms with van der Waals surface area (Å²) < 4.78 is 11.4. The maximum atomic E-state index is 6.02. The van der Waals surface area contributed by atoms with E-state index in [4.69, 9.17) is 9.47 Å². The lowest BCUT2D eigenvalue weighted by atomic mass is 10.0. The highest BCUT2D eigenvalue weighted by Gasteiger charge is 2.20. The summed E-state index contributed by atoms with van der Waals surface area (Å²) in [4.78, 5) is 0. The Balaban J connectivity index is 4.04. The van der Waals surface area contributed by atoms with E-state index in [0.717, 1.165) is 19.4 Å². The quantitative estimate of drug-likeness (QED) is 0.627. The SMILES string of the molecule is CCCC(NC)C(CC)OC(C)COCC. The van der Waals surface area contributed by atoms with Crippen LogP contribution in [0.5, 0.6) is 0 Å². The zero-order valence-corrected chi connectivity index (χ0v) is 11.6. The maximum absolute atomic E-state index is 6.02. The minimum absolute atomic E-state index is 0.178. The minimum Gasteiger partial charge on any atom is -0.379 e. The van der Waals surface area contributed by atoms with E-state index < -0.39 is 0 Å². The van der Waals surface area contributed by atoms with Gasteiger partial charge in [0.15, 0.2) is 0 Å². The Morgan fingerprint density at radius 2 is 1.88 bits per heavy atom. The molecular weight excluding hydrogens is 202 g/mol. The van der Waals surface area contributed by atoms with Crippen LogP contribution in [0.15, 0.2) is 0 Å². The highest BCUT2D eigenvalue weighted by Crippen LogP contribution is 2.12. The molecule has 98 valence electrons. The summed E-state index contributed by atoms with van der Waals surface area (Å²) in [5.41, 5.74) is 0. The molecule has 0 saturated heterocycles. The van der Waals surface area contributed by atoms with Crippen LogP contribution in [0.25, 0.3) is 0 Å². The monoisotopic (exact) mass is 231 g/mol. The molecule has 0 aromatic heterocycles. The van der Waals surface area contributed by atoms with Crippen molar-refractivity contribution in [3.8, 4) is 0 Å². The summed E-state index contributed by atoms with van der Waals surface area (Å²) in [5.74, 6) is 0. The van der Waals surface area contributed by atoms with Crippen molar-refractivity contribution in [2.75, 3.05) is 20.3 Å². The van der Waals surface area contributed by atoms with E-state index in [2.05, 4.69) is 26.1 Å². The summed E-state index contributed by atoms with van der Waals surface area (Å²) in [5, 5.41) is 3.35. The molecule has 0 saturated carbocycles. The predicted octanol–water partition coefficient (Wildman–Crippen LogP) is 2.59. The Morgan fingerprint density at radius 1 is 1.19 bits per heavy atom. The van der Waals surface area contributed by atoms with E-state index in [1.54, 1.807) is 0 Å². The first-order valence-electron chi connectivity index (χ1n) is 6.59. The topological polar surface area (TPSA) is 30.5 Å². The highest BCUT2D eigenvalue weighted by atomic mass is 16.5. The fraction of sp³-hybridized carbons (Fsp3) is 1.00. The van der Waals surface area contributed by atoms with Crippen LogP contribution >= 0.6 is 0 Å². The molecule has 16 heavy (non-hydrogen) atoms. The van der Waals surface area contributed by atoms with E-state index in [0.29, 0.717) is 18.8 Å². The fourth-order valence-corrected chi connectivity index (χ4v) is 1.92. The fourth-order valence-electron chi connectivity index (χ4n) is 1.92. The van der Waals surface area contributed by atoms with Crippen LogP contribution in [0.1, 0.15) is 47.0 Å². The number of hydrogen-bond acceptors (Lipinski definition) is 3. The number of nitrogens with one attached hydrogen (secondary N) is 1. The van der Waals surface area contributed by atoms with Crippen molar-refractivity contribution in [3.05, 3.63) is 0 Å². The molecule has 0 amide bonds. The second-order valence-electron chi connectivity index (χ2n) is 4.24. The van der Waals surface area contributed by atoms with Gasteiger partial charge >= 0.3 is 0 Å². The Hall–Kier alpha value is -0.120. The molecule has 0 aliphatic rings. The van der Waals surface area contributed by atoms with Gasteiger partial charge in [0.2, 0.25) is 0 Å². The largest absolute Gasteiger partial charge is 0.379 e. The summed E-state index contributed by atoms with van der Waals surface area (Å²) in [6.45, 7) is 9.93. The molecule has 0 radical (unpaired) electrons. The van der Waals surface area contributed by atoms with Crippen molar-refractivity contribution in [3.63, 3.8) is 0 Å².